The van der Waals surface area contributed by atoms with Gasteiger partial charge in [0, 0.05) is 46.0 Å². The second-order valence-corrected chi connectivity index (χ2v) is 9.08. The summed E-state index contributed by atoms with van der Waals surface area (Å²) in [5, 5.41) is 2.30. The van der Waals surface area contributed by atoms with Crippen molar-refractivity contribution in [3.05, 3.63) is 51.9 Å². The summed E-state index contributed by atoms with van der Waals surface area (Å²) in [6.45, 7) is 5.27. The fourth-order valence-electron chi connectivity index (χ4n) is 3.92. The molecule has 0 spiro atoms. The Morgan fingerprint density at radius 2 is 2.11 bits per heavy atom. The third kappa shape index (κ3) is 3.28. The van der Waals surface area contributed by atoms with E-state index in [1.54, 1.807) is 11.8 Å². The Labute approximate surface area is 173 Å². The first-order chi connectivity index (χ1) is 13.0. The highest BCUT2D eigenvalue weighted by Crippen LogP contribution is 2.48. The predicted octanol–water partition coefficient (Wildman–Crippen LogP) is 6.69. The van der Waals surface area contributed by atoms with Gasteiger partial charge in [0.05, 0.1) is 21.3 Å². The molecular weight excluding hydrogens is 399 g/mol. The number of halogens is 2. The Balaban J connectivity index is 1.94. The van der Waals surface area contributed by atoms with E-state index in [0.29, 0.717) is 22.4 Å². The van der Waals surface area contributed by atoms with Gasteiger partial charge in [0.25, 0.3) is 0 Å². The van der Waals surface area contributed by atoms with Gasteiger partial charge in [-0.15, -0.1) is 0 Å². The van der Waals surface area contributed by atoms with Gasteiger partial charge >= 0.3 is 0 Å². The highest BCUT2D eigenvalue weighted by atomic mass is 35.5. The third-order valence-corrected chi connectivity index (χ3v) is 6.97. The summed E-state index contributed by atoms with van der Waals surface area (Å²) in [5.74, 6) is 0.565. The Morgan fingerprint density at radius 1 is 1.30 bits per heavy atom. The van der Waals surface area contributed by atoms with E-state index in [0.717, 1.165) is 29.8 Å². The van der Waals surface area contributed by atoms with Gasteiger partial charge in [-0.1, -0.05) is 48.8 Å². The predicted molar refractivity (Wildman–Crippen MR) is 112 cm³/mol. The molecule has 0 radical (unpaired) electrons. The molecule has 0 fully saturated rings. The summed E-state index contributed by atoms with van der Waals surface area (Å²) in [6.07, 6.45) is 4.48. The Hall–Kier alpha value is -1.49. The minimum atomic E-state index is 0.250. The molecule has 0 unspecified atom stereocenters. The number of hydrogen-bond donors (Lipinski definition) is 0. The van der Waals surface area contributed by atoms with Crippen molar-refractivity contribution in [2.45, 2.75) is 54.9 Å². The first kappa shape index (κ1) is 18.9. The quantitative estimate of drug-likeness (QED) is 0.432. The van der Waals surface area contributed by atoms with Crippen LogP contribution in [0.15, 0.2) is 40.3 Å². The molecule has 0 N–H and O–H groups in total. The van der Waals surface area contributed by atoms with Gasteiger partial charge in [0.2, 0.25) is 0 Å². The standard InChI is InChI=1S/C21H20Cl2N2OS/c1-12(2)19-18-17(5-8-24-19)25-9-6-13(7-10-26)20(25)21(18)27-14-3-4-15(22)16(23)11-14/h3-5,8,10-13H,6-7,9H2,1-2H3/t13-/m1/s1. The molecule has 4 rings (SSSR count). The van der Waals surface area contributed by atoms with Gasteiger partial charge in [-0.05, 0) is 36.6 Å². The lowest BCUT2D eigenvalue weighted by Gasteiger charge is -2.12. The van der Waals surface area contributed by atoms with E-state index >= 15 is 0 Å². The molecule has 6 heteroatoms. The number of aromatic nitrogens is 2. The van der Waals surface area contributed by atoms with Gasteiger partial charge in [-0.25, -0.2) is 0 Å². The van der Waals surface area contributed by atoms with E-state index in [1.165, 1.54) is 21.5 Å². The van der Waals surface area contributed by atoms with Crippen molar-refractivity contribution in [1.29, 1.82) is 0 Å². The minimum absolute atomic E-state index is 0.250. The van der Waals surface area contributed by atoms with Crippen molar-refractivity contribution in [3.63, 3.8) is 0 Å². The molecule has 0 bridgehead atoms. The van der Waals surface area contributed by atoms with Crippen molar-refractivity contribution < 1.29 is 4.79 Å². The second kappa shape index (κ2) is 7.50. The molecule has 0 aliphatic carbocycles. The molecule has 3 nitrogen and oxygen atoms in total. The van der Waals surface area contributed by atoms with Crippen LogP contribution in [0, 0.1) is 0 Å². The molecular formula is C21H20Cl2N2OS. The van der Waals surface area contributed by atoms with Crippen LogP contribution in [0.3, 0.4) is 0 Å². The van der Waals surface area contributed by atoms with Gasteiger partial charge in [-0.2, -0.15) is 0 Å². The third-order valence-electron chi connectivity index (χ3n) is 5.13. The normalized spacial score (nSPS) is 16.3. The van der Waals surface area contributed by atoms with Crippen molar-refractivity contribution in [1.82, 2.24) is 9.55 Å². The molecule has 1 aliphatic heterocycles. The lowest BCUT2D eigenvalue weighted by Crippen LogP contribution is -1.97. The van der Waals surface area contributed by atoms with E-state index in [4.69, 9.17) is 23.2 Å². The average Bonchev–Trinajstić information content (AvgIpc) is 3.18. The maximum absolute atomic E-state index is 11.3. The molecule has 140 valence electrons. The number of hydrogen-bond acceptors (Lipinski definition) is 3. The zero-order valence-electron chi connectivity index (χ0n) is 15.2. The number of carbonyl (C=O) groups excluding carboxylic acids is 1. The van der Waals surface area contributed by atoms with E-state index in [-0.39, 0.29) is 5.92 Å². The first-order valence-corrected chi connectivity index (χ1v) is 10.7. The lowest BCUT2D eigenvalue weighted by atomic mass is 9.99. The summed E-state index contributed by atoms with van der Waals surface area (Å²) in [4.78, 5) is 18.2. The molecule has 2 aromatic heterocycles. The zero-order chi connectivity index (χ0) is 19.1. The first-order valence-electron chi connectivity index (χ1n) is 9.08. The largest absolute Gasteiger partial charge is 0.343 e. The molecule has 27 heavy (non-hydrogen) atoms. The van der Waals surface area contributed by atoms with E-state index in [9.17, 15) is 4.79 Å². The Bertz CT molecular complexity index is 1030. The van der Waals surface area contributed by atoms with Crippen LogP contribution in [0.1, 0.15) is 49.9 Å². The van der Waals surface area contributed by atoms with Crippen LogP contribution < -0.4 is 0 Å². The average molecular weight is 419 g/mol. The Kier molecular flexibility index (Phi) is 5.23. The number of aldehydes is 1. The van der Waals surface area contributed by atoms with Crippen LogP contribution in [0.2, 0.25) is 10.0 Å². The molecule has 3 aromatic rings. The van der Waals surface area contributed by atoms with Crippen LogP contribution in [0.25, 0.3) is 10.9 Å². The number of nitrogens with zero attached hydrogens (tertiary/aromatic N) is 2. The van der Waals surface area contributed by atoms with Crippen molar-refractivity contribution >= 4 is 52.2 Å². The molecule has 0 saturated heterocycles. The summed E-state index contributed by atoms with van der Waals surface area (Å²) in [7, 11) is 0. The topological polar surface area (TPSA) is 34.9 Å². The number of pyridine rings is 1. The van der Waals surface area contributed by atoms with E-state index in [2.05, 4.69) is 29.5 Å². The summed E-state index contributed by atoms with van der Waals surface area (Å²) in [6, 6.07) is 7.81. The van der Waals surface area contributed by atoms with Crippen LogP contribution in [0.5, 0.6) is 0 Å². The highest BCUT2D eigenvalue weighted by molar-refractivity contribution is 7.99. The number of aryl methyl sites for hydroxylation is 1. The van der Waals surface area contributed by atoms with Gasteiger partial charge in [-0.3, -0.25) is 4.98 Å². The van der Waals surface area contributed by atoms with Crippen LogP contribution >= 0.6 is 35.0 Å². The molecule has 3 heterocycles. The van der Waals surface area contributed by atoms with E-state index in [1.807, 2.05) is 24.4 Å². The SMILES string of the molecule is CC(C)c1nccc2c1c(Sc1ccc(Cl)c(Cl)c1)c1n2CC[C@@H]1CC=O. The molecule has 1 atom stereocenters. The van der Waals surface area contributed by atoms with Gasteiger partial charge < -0.3 is 9.36 Å². The van der Waals surface area contributed by atoms with Crippen LogP contribution in [-0.4, -0.2) is 15.8 Å². The van der Waals surface area contributed by atoms with Gasteiger partial charge in [0.1, 0.15) is 6.29 Å². The summed E-state index contributed by atoms with van der Waals surface area (Å²) >= 11 is 14.0. The van der Waals surface area contributed by atoms with Crippen LogP contribution in [-0.2, 0) is 11.3 Å². The summed E-state index contributed by atoms with van der Waals surface area (Å²) in [5.41, 5.74) is 3.56. The molecule has 1 aliphatic rings. The molecule has 0 saturated carbocycles. The minimum Gasteiger partial charge on any atom is -0.343 e. The summed E-state index contributed by atoms with van der Waals surface area (Å²) < 4.78 is 2.37. The maximum Gasteiger partial charge on any atom is 0.120 e. The number of rotatable bonds is 5. The number of fused-ring (bicyclic) bond motifs is 3. The van der Waals surface area contributed by atoms with Crippen molar-refractivity contribution in [2.75, 3.05) is 0 Å². The highest BCUT2D eigenvalue weighted by Gasteiger charge is 2.31. The van der Waals surface area contributed by atoms with Crippen LogP contribution in [0.4, 0.5) is 0 Å². The lowest BCUT2D eigenvalue weighted by molar-refractivity contribution is -0.108. The fraction of sp³-hybridized carbons (Fsp3) is 0.333. The zero-order valence-corrected chi connectivity index (χ0v) is 17.5. The van der Waals surface area contributed by atoms with Crippen molar-refractivity contribution in [3.8, 4) is 0 Å². The second-order valence-electron chi connectivity index (χ2n) is 7.18. The fourth-order valence-corrected chi connectivity index (χ4v) is 5.52. The van der Waals surface area contributed by atoms with Gasteiger partial charge in [0.15, 0.2) is 0 Å². The maximum atomic E-state index is 11.3. The Morgan fingerprint density at radius 3 is 2.81 bits per heavy atom. The molecule has 0 amide bonds. The van der Waals surface area contributed by atoms with Crippen molar-refractivity contribution in [2.24, 2.45) is 0 Å². The number of carbonyl (C=O) groups is 1. The van der Waals surface area contributed by atoms with E-state index < -0.39 is 0 Å². The number of benzene rings is 1. The smallest absolute Gasteiger partial charge is 0.120 e. The monoisotopic (exact) mass is 418 g/mol. The molecule has 1 aromatic carbocycles.